The van der Waals surface area contributed by atoms with Crippen molar-refractivity contribution >= 4 is 49.6 Å². The number of nitrogens with zero attached hydrogens (tertiary/aromatic N) is 1. The molecule has 0 bridgehead atoms. The lowest BCUT2D eigenvalue weighted by Crippen LogP contribution is -2.42. The molecule has 2 aromatic rings. The Morgan fingerprint density at radius 2 is 1.89 bits per heavy atom. The molecule has 2 atom stereocenters. The number of aliphatic hydroxyl groups is 1. The zero-order chi connectivity index (χ0) is 26.5. The molecule has 11 heteroatoms. The van der Waals surface area contributed by atoms with Crippen molar-refractivity contribution in [2.75, 3.05) is 16.3 Å². The van der Waals surface area contributed by atoms with E-state index < -0.39 is 26.2 Å². The Labute approximate surface area is 212 Å². The van der Waals surface area contributed by atoms with E-state index in [9.17, 15) is 27.4 Å². The second-order valence-electron chi connectivity index (χ2n) is 9.65. The molecule has 0 saturated carbocycles. The molecule has 9 nitrogen and oxygen atoms in total. The van der Waals surface area contributed by atoms with Crippen molar-refractivity contribution in [1.29, 1.82) is 0 Å². The highest BCUT2D eigenvalue weighted by Crippen LogP contribution is 2.57. The van der Waals surface area contributed by atoms with Crippen LogP contribution in [0.25, 0.3) is 5.76 Å². The van der Waals surface area contributed by atoms with Crippen LogP contribution < -0.4 is 10.0 Å². The van der Waals surface area contributed by atoms with Gasteiger partial charge in [0.05, 0.1) is 23.0 Å². The molecule has 1 heterocycles. The molecule has 0 spiro atoms. The van der Waals surface area contributed by atoms with Gasteiger partial charge in [0.15, 0.2) is 11.6 Å². The van der Waals surface area contributed by atoms with Gasteiger partial charge in [0.2, 0.25) is 10.0 Å². The van der Waals surface area contributed by atoms with E-state index in [4.69, 9.17) is 0 Å². The molecule has 0 amide bonds. The maximum atomic E-state index is 14.0. The lowest BCUT2D eigenvalue weighted by molar-refractivity contribution is -0.120. The van der Waals surface area contributed by atoms with Crippen molar-refractivity contribution < 1.29 is 27.4 Å². The van der Waals surface area contributed by atoms with Gasteiger partial charge in [-0.15, -0.1) is 4.40 Å². The summed E-state index contributed by atoms with van der Waals surface area (Å²) in [4.78, 5) is 14.0. The van der Waals surface area contributed by atoms with Crippen molar-refractivity contribution in [3.8, 4) is 0 Å². The number of sulfonamides is 1. The summed E-state index contributed by atoms with van der Waals surface area (Å²) >= 11 is 0. The largest absolute Gasteiger partial charge is 0.506 e. The maximum Gasteiger partial charge on any atom is 0.229 e. The third kappa shape index (κ3) is 4.75. The topological polar surface area (TPSA) is 148 Å². The number of ketones is 1. The van der Waals surface area contributed by atoms with E-state index in [1.165, 1.54) is 18.2 Å². The summed E-state index contributed by atoms with van der Waals surface area (Å²) in [5.74, 6) is -0.374. The molecule has 1 aliphatic carbocycles. The van der Waals surface area contributed by atoms with Crippen molar-refractivity contribution in [2.45, 2.75) is 50.3 Å². The minimum atomic E-state index is -3.82. The number of anilines is 2. The van der Waals surface area contributed by atoms with E-state index in [2.05, 4.69) is 28.3 Å². The highest BCUT2D eigenvalue weighted by atomic mass is 32.3. The average Bonchev–Trinajstić information content (AvgIpc) is 2.80. The van der Waals surface area contributed by atoms with E-state index in [1.54, 1.807) is 12.1 Å². The van der Waals surface area contributed by atoms with Crippen molar-refractivity contribution in [1.82, 2.24) is 0 Å². The monoisotopic (exact) mass is 533 g/mol. The maximum absolute atomic E-state index is 14.0. The first-order chi connectivity index (χ1) is 16.8. The van der Waals surface area contributed by atoms with E-state index >= 15 is 0 Å². The van der Waals surface area contributed by atoms with Gasteiger partial charge in [0.25, 0.3) is 0 Å². The predicted octanol–water partition coefficient (Wildman–Crippen LogP) is 5.54. The van der Waals surface area contributed by atoms with Crippen LogP contribution in [0.2, 0.25) is 0 Å². The van der Waals surface area contributed by atoms with Gasteiger partial charge in [-0.2, -0.15) is 0 Å². The van der Waals surface area contributed by atoms with Crippen molar-refractivity contribution in [2.24, 2.45) is 10.3 Å². The first-order valence-electron chi connectivity index (χ1n) is 11.6. The van der Waals surface area contributed by atoms with Gasteiger partial charge >= 0.3 is 0 Å². The molecule has 1 unspecified atom stereocenters. The minimum absolute atomic E-state index is 0.0248. The molecule has 1 aliphatic heterocycles. The van der Waals surface area contributed by atoms with Crippen LogP contribution in [0.5, 0.6) is 0 Å². The molecule has 0 fully saturated rings. The molecular formula is C25H31N3O6S2. The van der Waals surface area contributed by atoms with Gasteiger partial charge in [-0.1, -0.05) is 55.3 Å². The van der Waals surface area contributed by atoms with Gasteiger partial charge in [-0.25, -0.2) is 8.42 Å². The van der Waals surface area contributed by atoms with Gasteiger partial charge in [-0.05, 0) is 49.4 Å². The van der Waals surface area contributed by atoms with Crippen LogP contribution in [-0.4, -0.2) is 40.5 Å². The van der Waals surface area contributed by atoms with Gasteiger partial charge in [0.1, 0.15) is 16.2 Å². The molecule has 2 aromatic carbocycles. The quantitative estimate of drug-likeness (QED) is 0.314. The molecule has 5 N–H and O–H groups in total. The van der Waals surface area contributed by atoms with Crippen molar-refractivity contribution in [3.63, 3.8) is 0 Å². The average molecular weight is 534 g/mol. The highest BCUT2D eigenvalue weighted by Gasteiger charge is 2.46. The molecule has 194 valence electrons. The summed E-state index contributed by atoms with van der Waals surface area (Å²) in [7, 11) is -7.40. The Balaban J connectivity index is 1.80. The van der Waals surface area contributed by atoms with Crippen LogP contribution in [0.15, 0.2) is 57.3 Å². The van der Waals surface area contributed by atoms with Crippen LogP contribution in [0.1, 0.15) is 51.2 Å². The third-order valence-electron chi connectivity index (χ3n) is 6.86. The van der Waals surface area contributed by atoms with Gasteiger partial charge in [0, 0.05) is 5.56 Å². The van der Waals surface area contributed by atoms with Crippen LogP contribution in [0.4, 0.5) is 11.4 Å². The van der Waals surface area contributed by atoms with E-state index in [-0.39, 0.29) is 39.2 Å². The summed E-state index contributed by atoms with van der Waals surface area (Å²) in [5, 5.41) is 14.1. The number of carbonyl (C=O) groups is 1. The second-order valence-corrected chi connectivity index (χ2v) is 13.1. The number of Topliss-reactive ketones (excluding diaryl/α,β-unsaturated/α-hetero) is 1. The summed E-state index contributed by atoms with van der Waals surface area (Å²) in [5.41, 5.74) is 0.548. The number of fused-ring (bicyclic) bond motifs is 2. The third-order valence-corrected chi connectivity index (χ3v) is 8.84. The fourth-order valence-electron chi connectivity index (χ4n) is 4.58. The fourth-order valence-corrected chi connectivity index (χ4v) is 6.33. The van der Waals surface area contributed by atoms with Crippen molar-refractivity contribution in [3.05, 3.63) is 59.2 Å². The number of rotatable bonds is 7. The summed E-state index contributed by atoms with van der Waals surface area (Å²) in [6.07, 6.45) is 3.31. The van der Waals surface area contributed by atoms with Crippen LogP contribution >= 0.6 is 10.8 Å². The molecule has 4 rings (SSSR count). The molecule has 0 radical (unpaired) electrons. The number of hydrogen-bond acceptors (Lipinski definition) is 8. The zero-order valence-electron chi connectivity index (χ0n) is 20.6. The Hall–Kier alpha value is -2.86. The first kappa shape index (κ1) is 26.2. The normalized spacial score (nSPS) is 22.6. The van der Waals surface area contributed by atoms with Gasteiger partial charge in [-0.3, -0.25) is 18.6 Å². The minimum Gasteiger partial charge on any atom is -0.506 e. The Morgan fingerprint density at radius 1 is 1.19 bits per heavy atom. The first-order valence-corrected chi connectivity index (χ1v) is 15.0. The smallest absolute Gasteiger partial charge is 0.229 e. The Morgan fingerprint density at radius 3 is 2.56 bits per heavy atom. The predicted molar refractivity (Wildman–Crippen MR) is 144 cm³/mol. The van der Waals surface area contributed by atoms with E-state index in [1.807, 2.05) is 19.1 Å². The number of benzene rings is 2. The van der Waals surface area contributed by atoms with Crippen LogP contribution in [0, 0.1) is 5.92 Å². The van der Waals surface area contributed by atoms with Crippen LogP contribution in [-0.2, 0) is 20.2 Å². The molecular weight excluding hydrogens is 502 g/mol. The summed E-state index contributed by atoms with van der Waals surface area (Å²) in [6, 6.07) is 11.4. The molecule has 2 aliphatic rings. The fraction of sp³-hybridized carbons (Fsp3) is 0.360. The summed E-state index contributed by atoms with van der Waals surface area (Å²) < 4.78 is 51.3. The molecule has 36 heavy (non-hydrogen) atoms. The second kappa shape index (κ2) is 9.22. The molecule has 0 saturated heterocycles. The number of nitrogens with one attached hydrogen (secondary N) is 2. The number of carbonyl (C=O) groups excluding carboxylic acids is 1. The number of aliphatic hydroxyl groups excluding tert-OH is 1. The van der Waals surface area contributed by atoms with Crippen LogP contribution in [0.3, 0.4) is 0 Å². The highest BCUT2D eigenvalue weighted by molar-refractivity contribution is 8.23. The SMILES string of the molecule is CC[C@H](C)CCC1(C)C(=O)C(C2=NS(O)(O)c3cc(NS(C)(=O)=O)ccc3N2)=C(O)c2ccccc21. The standard InChI is InChI=1S/C25H31N3O6S2/c1-5-15(2)12-13-25(3)18-9-7-6-8-17(18)22(29)21(23(25)30)24-26-19-11-10-16(27-35(4,31)32)14-20(19)36(33,34)28-24/h6-11,14-15,27,29,33-34H,5,12-13H2,1-4H3,(H,26,28)/t15-,25?/m0/s1. The lowest BCUT2D eigenvalue weighted by Gasteiger charge is -2.39. The van der Waals surface area contributed by atoms with E-state index in [0.717, 1.165) is 24.7 Å². The van der Waals surface area contributed by atoms with E-state index in [0.29, 0.717) is 17.9 Å². The Kier molecular flexibility index (Phi) is 6.71. The molecule has 0 aromatic heterocycles. The Bertz CT molecular complexity index is 1400. The lowest BCUT2D eigenvalue weighted by atomic mass is 9.66. The number of amidine groups is 1. The van der Waals surface area contributed by atoms with Gasteiger partial charge < -0.3 is 10.4 Å². The summed E-state index contributed by atoms with van der Waals surface area (Å²) in [6.45, 7) is 6.07. The zero-order valence-corrected chi connectivity index (χ0v) is 22.2. The number of hydrogen-bond donors (Lipinski definition) is 5.